The number of esters is 1. The molecular weight excluding hydrogens is 324 g/mol. The van der Waals surface area contributed by atoms with Gasteiger partial charge in [0.2, 0.25) is 5.76 Å². The van der Waals surface area contributed by atoms with Crippen molar-refractivity contribution < 1.29 is 33.5 Å². The molecule has 0 aromatic heterocycles. The fourth-order valence-corrected chi connectivity index (χ4v) is 1.77. The molecule has 2 rings (SSSR count). The Balaban J connectivity index is 1.96. The molecule has 0 atom stereocenters. The minimum atomic E-state index is -0.851. The van der Waals surface area contributed by atoms with Crippen molar-refractivity contribution >= 4 is 23.3 Å². The first-order valence-electron chi connectivity index (χ1n) is 6.75. The smallest absolute Gasteiger partial charge is 0.377 e. The number of benzene rings is 1. The number of nitro benzene ring substituents is 1. The summed E-state index contributed by atoms with van der Waals surface area (Å²) in [5, 5.41) is 13.2. The Kier molecular flexibility index (Phi) is 5.55. The quantitative estimate of drug-likeness (QED) is 0.462. The number of ether oxygens (including phenoxy) is 4. The van der Waals surface area contributed by atoms with Gasteiger partial charge in [0, 0.05) is 12.1 Å². The molecule has 1 heterocycles. The maximum atomic E-state index is 11.8. The van der Waals surface area contributed by atoms with Gasteiger partial charge in [-0.25, -0.2) is 4.79 Å². The lowest BCUT2D eigenvalue weighted by atomic mass is 10.2. The molecule has 1 aromatic carbocycles. The van der Waals surface area contributed by atoms with E-state index in [0.717, 1.165) is 12.3 Å². The number of nitro groups is 1. The fourth-order valence-electron chi connectivity index (χ4n) is 1.77. The summed E-state index contributed by atoms with van der Waals surface area (Å²) in [6.45, 7) is -0.0762. The molecule has 0 radical (unpaired) electrons. The highest BCUT2D eigenvalue weighted by molar-refractivity contribution is 5.95. The first-order chi connectivity index (χ1) is 11.5. The van der Waals surface area contributed by atoms with Crippen LogP contribution < -0.4 is 10.1 Å². The summed E-state index contributed by atoms with van der Waals surface area (Å²) in [4.78, 5) is 33.6. The van der Waals surface area contributed by atoms with Crippen LogP contribution in [0.25, 0.3) is 0 Å². The molecule has 0 saturated heterocycles. The van der Waals surface area contributed by atoms with E-state index in [1.165, 1.54) is 19.2 Å². The second-order valence-corrected chi connectivity index (χ2v) is 4.47. The van der Waals surface area contributed by atoms with Crippen LogP contribution in [0.4, 0.5) is 11.4 Å². The van der Waals surface area contributed by atoms with E-state index in [1.54, 1.807) is 0 Å². The Morgan fingerprint density at radius 3 is 2.79 bits per heavy atom. The SMILES string of the molecule is COc1ccc([N+](=O)[O-])cc1NC(=O)COC(=O)C1=COCCO1. The minimum Gasteiger partial charge on any atom is -0.495 e. The highest BCUT2D eigenvalue weighted by Crippen LogP contribution is 2.28. The molecule has 24 heavy (non-hydrogen) atoms. The number of hydrogen-bond acceptors (Lipinski definition) is 8. The number of carbonyl (C=O) groups excluding carboxylic acids is 2. The Labute approximate surface area is 136 Å². The number of amides is 1. The topological polar surface area (TPSA) is 126 Å². The average molecular weight is 338 g/mol. The maximum absolute atomic E-state index is 11.8. The molecule has 1 aliphatic rings. The summed E-state index contributed by atoms with van der Waals surface area (Å²) < 4.78 is 19.7. The molecule has 128 valence electrons. The zero-order valence-corrected chi connectivity index (χ0v) is 12.6. The predicted molar refractivity (Wildman–Crippen MR) is 79.2 cm³/mol. The maximum Gasteiger partial charge on any atom is 0.377 e. The van der Waals surface area contributed by atoms with Crippen molar-refractivity contribution in [1.82, 2.24) is 0 Å². The minimum absolute atomic E-state index is 0.0872. The molecule has 10 nitrogen and oxygen atoms in total. The van der Waals surface area contributed by atoms with Crippen LogP contribution in [0, 0.1) is 10.1 Å². The number of non-ortho nitro benzene ring substituents is 1. The van der Waals surface area contributed by atoms with Gasteiger partial charge in [-0.3, -0.25) is 14.9 Å². The lowest BCUT2D eigenvalue weighted by molar-refractivity contribution is -0.384. The molecule has 0 unspecified atom stereocenters. The fraction of sp³-hybridized carbons (Fsp3) is 0.286. The number of methoxy groups -OCH3 is 1. The first kappa shape index (κ1) is 17.1. The molecule has 1 aromatic rings. The van der Waals surface area contributed by atoms with Crippen LogP contribution in [0.2, 0.25) is 0 Å². The van der Waals surface area contributed by atoms with E-state index in [-0.39, 0.29) is 29.5 Å². The average Bonchev–Trinajstić information content (AvgIpc) is 2.60. The molecule has 0 bridgehead atoms. The van der Waals surface area contributed by atoms with Gasteiger partial charge in [0.15, 0.2) is 6.61 Å². The molecule has 0 aliphatic carbocycles. The van der Waals surface area contributed by atoms with E-state index in [2.05, 4.69) is 5.32 Å². The highest BCUT2D eigenvalue weighted by atomic mass is 16.6. The monoisotopic (exact) mass is 338 g/mol. The van der Waals surface area contributed by atoms with E-state index in [9.17, 15) is 19.7 Å². The van der Waals surface area contributed by atoms with Gasteiger partial charge in [-0.2, -0.15) is 0 Å². The van der Waals surface area contributed by atoms with Gasteiger partial charge in [0.25, 0.3) is 11.6 Å². The normalized spacial score (nSPS) is 13.0. The molecule has 1 amide bonds. The molecule has 0 fully saturated rings. The van der Waals surface area contributed by atoms with Crippen molar-refractivity contribution in [2.75, 3.05) is 32.2 Å². The Morgan fingerprint density at radius 1 is 1.38 bits per heavy atom. The van der Waals surface area contributed by atoms with Gasteiger partial charge in [-0.15, -0.1) is 0 Å². The summed E-state index contributed by atoms with van der Waals surface area (Å²) in [6.07, 6.45) is 1.10. The van der Waals surface area contributed by atoms with E-state index in [4.69, 9.17) is 18.9 Å². The van der Waals surface area contributed by atoms with E-state index in [0.29, 0.717) is 6.61 Å². The zero-order valence-electron chi connectivity index (χ0n) is 12.6. The van der Waals surface area contributed by atoms with Crippen molar-refractivity contribution in [3.63, 3.8) is 0 Å². The largest absolute Gasteiger partial charge is 0.495 e. The van der Waals surface area contributed by atoms with Crippen molar-refractivity contribution in [3.05, 3.63) is 40.3 Å². The summed E-state index contributed by atoms with van der Waals surface area (Å²) >= 11 is 0. The third-order valence-electron chi connectivity index (χ3n) is 2.85. The van der Waals surface area contributed by atoms with E-state index >= 15 is 0 Å². The number of anilines is 1. The Morgan fingerprint density at radius 2 is 2.17 bits per heavy atom. The van der Waals surface area contributed by atoms with Crippen molar-refractivity contribution in [2.45, 2.75) is 0 Å². The number of nitrogens with one attached hydrogen (secondary N) is 1. The third-order valence-corrected chi connectivity index (χ3v) is 2.85. The summed E-state index contributed by atoms with van der Waals surface area (Å²) in [7, 11) is 1.35. The molecule has 0 spiro atoms. The lowest BCUT2D eigenvalue weighted by Gasteiger charge is -2.14. The molecule has 1 aliphatic heterocycles. The lowest BCUT2D eigenvalue weighted by Crippen LogP contribution is -2.24. The van der Waals surface area contributed by atoms with Crippen molar-refractivity contribution in [1.29, 1.82) is 0 Å². The second kappa shape index (κ2) is 7.81. The van der Waals surface area contributed by atoms with Crippen molar-refractivity contribution in [2.24, 2.45) is 0 Å². The zero-order chi connectivity index (χ0) is 17.5. The Hall–Kier alpha value is -3.30. The molecular formula is C14H14N2O8. The van der Waals surface area contributed by atoms with Crippen molar-refractivity contribution in [3.8, 4) is 5.75 Å². The van der Waals surface area contributed by atoms with Crippen LogP contribution in [0.1, 0.15) is 0 Å². The van der Waals surface area contributed by atoms with Gasteiger partial charge in [0.05, 0.1) is 17.7 Å². The molecule has 10 heteroatoms. The molecule has 1 N–H and O–H groups in total. The van der Waals surface area contributed by atoms with Crippen LogP contribution in [-0.4, -0.2) is 43.7 Å². The van der Waals surface area contributed by atoms with E-state index < -0.39 is 23.4 Å². The van der Waals surface area contributed by atoms with Crippen LogP contribution in [0.3, 0.4) is 0 Å². The number of hydrogen-bond donors (Lipinski definition) is 1. The van der Waals surface area contributed by atoms with Crippen LogP contribution in [0.15, 0.2) is 30.2 Å². The number of nitrogens with zero attached hydrogens (tertiary/aromatic N) is 1. The number of rotatable bonds is 6. The summed E-state index contributed by atoms with van der Waals surface area (Å²) in [6, 6.07) is 3.72. The molecule has 0 saturated carbocycles. The van der Waals surface area contributed by atoms with Gasteiger partial charge < -0.3 is 24.3 Å². The van der Waals surface area contributed by atoms with E-state index in [1.807, 2.05) is 0 Å². The van der Waals surface area contributed by atoms with Gasteiger partial charge in [0.1, 0.15) is 25.2 Å². The van der Waals surface area contributed by atoms with Gasteiger partial charge >= 0.3 is 5.97 Å². The van der Waals surface area contributed by atoms with Gasteiger partial charge in [-0.05, 0) is 6.07 Å². The summed E-state index contributed by atoms with van der Waals surface area (Å²) in [5.74, 6) is -1.45. The predicted octanol–water partition coefficient (Wildman–Crippen LogP) is 0.973. The standard InChI is InChI=1S/C14H14N2O8/c1-21-11-3-2-9(16(19)20)6-10(11)15-13(17)8-24-14(18)12-7-22-4-5-23-12/h2-3,6-7H,4-5,8H2,1H3,(H,15,17). The Bertz CT molecular complexity index is 685. The number of carbonyl (C=O) groups is 2. The first-order valence-corrected chi connectivity index (χ1v) is 6.75. The third kappa shape index (κ3) is 4.35. The summed E-state index contributed by atoms with van der Waals surface area (Å²) in [5.41, 5.74) is -0.134. The highest BCUT2D eigenvalue weighted by Gasteiger charge is 2.19. The van der Waals surface area contributed by atoms with Crippen LogP contribution in [0.5, 0.6) is 5.75 Å². The van der Waals surface area contributed by atoms with Gasteiger partial charge in [-0.1, -0.05) is 0 Å². The van der Waals surface area contributed by atoms with Crippen LogP contribution in [-0.2, 0) is 23.8 Å². The second-order valence-electron chi connectivity index (χ2n) is 4.47. The van der Waals surface area contributed by atoms with Crippen LogP contribution >= 0.6 is 0 Å².